The van der Waals surface area contributed by atoms with Crippen LogP contribution in [0.5, 0.6) is 0 Å². The van der Waals surface area contributed by atoms with Gasteiger partial charge in [0, 0.05) is 22.9 Å². The molecule has 0 unspecified atom stereocenters. The number of aromatic nitrogens is 2. The quantitative estimate of drug-likeness (QED) is 0.804. The molecule has 0 aliphatic carbocycles. The highest BCUT2D eigenvalue weighted by atomic mass is 32.2. The maximum absolute atomic E-state index is 13.2. The minimum atomic E-state index is -0.851. The summed E-state index contributed by atoms with van der Waals surface area (Å²) in [6, 6.07) is 3.85. The second-order valence-corrected chi connectivity index (χ2v) is 6.07. The molecule has 2 N–H and O–H groups in total. The molecule has 104 valence electrons. The average molecular weight is 311 g/mol. The molecule has 1 aromatic carbocycles. The van der Waals surface area contributed by atoms with Gasteiger partial charge in [-0.3, -0.25) is 4.40 Å². The molecule has 0 atom stereocenters. The van der Waals surface area contributed by atoms with E-state index in [-0.39, 0.29) is 0 Å². The van der Waals surface area contributed by atoms with Crippen LogP contribution in [0.2, 0.25) is 0 Å². The molecule has 0 bridgehead atoms. The lowest BCUT2D eigenvalue weighted by Crippen LogP contribution is -2.05. The number of benzene rings is 1. The topological polar surface area (TPSA) is 43.3 Å². The second kappa shape index (κ2) is 5.51. The Morgan fingerprint density at radius 3 is 2.90 bits per heavy atom. The Bertz CT molecular complexity index is 751. The van der Waals surface area contributed by atoms with Crippen molar-refractivity contribution in [2.24, 2.45) is 5.73 Å². The number of nitrogens with two attached hydrogens (primary N) is 1. The molecule has 0 fully saturated rings. The molecule has 0 saturated carbocycles. The highest BCUT2D eigenvalue weighted by Crippen LogP contribution is 2.32. The second-order valence-electron chi connectivity index (χ2n) is 4.14. The van der Waals surface area contributed by atoms with Crippen molar-refractivity contribution < 1.29 is 8.78 Å². The fourth-order valence-corrected chi connectivity index (χ4v) is 3.67. The van der Waals surface area contributed by atoms with Crippen LogP contribution in [-0.2, 0) is 6.42 Å². The van der Waals surface area contributed by atoms with Crippen molar-refractivity contribution in [3.05, 3.63) is 47.1 Å². The summed E-state index contributed by atoms with van der Waals surface area (Å²) < 4.78 is 28.2. The molecule has 7 heteroatoms. The molecular weight excluding hydrogens is 300 g/mol. The van der Waals surface area contributed by atoms with Gasteiger partial charge in [-0.25, -0.2) is 13.8 Å². The van der Waals surface area contributed by atoms with Crippen LogP contribution in [0, 0.1) is 11.6 Å². The summed E-state index contributed by atoms with van der Waals surface area (Å²) in [5, 5.41) is 2.74. The van der Waals surface area contributed by atoms with Crippen molar-refractivity contribution in [1.82, 2.24) is 9.38 Å². The highest BCUT2D eigenvalue weighted by molar-refractivity contribution is 7.99. The summed E-state index contributed by atoms with van der Waals surface area (Å²) >= 11 is 2.85. The van der Waals surface area contributed by atoms with E-state index in [0.717, 1.165) is 21.7 Å². The third kappa shape index (κ3) is 2.44. The molecule has 0 saturated heterocycles. The maximum atomic E-state index is 13.2. The monoisotopic (exact) mass is 311 g/mol. The van der Waals surface area contributed by atoms with E-state index >= 15 is 0 Å². The molecule has 2 aromatic heterocycles. The van der Waals surface area contributed by atoms with Gasteiger partial charge in [0.05, 0.1) is 5.69 Å². The summed E-state index contributed by atoms with van der Waals surface area (Å²) in [5.74, 6) is -1.70. The zero-order valence-corrected chi connectivity index (χ0v) is 12.0. The summed E-state index contributed by atoms with van der Waals surface area (Å²) in [7, 11) is 0. The minimum absolute atomic E-state index is 0.509. The molecule has 0 aliphatic heterocycles. The molecule has 3 nitrogen and oxygen atoms in total. The number of rotatable bonds is 4. The molecule has 2 heterocycles. The largest absolute Gasteiger partial charge is 0.330 e. The standard InChI is InChI=1S/C13H11F2N3S2/c14-9-2-1-8(7-10(9)15)20-12-11(3-4-16)18-5-6-19-13(18)17-12/h1-2,5-7H,3-4,16H2. The molecule has 20 heavy (non-hydrogen) atoms. The van der Waals surface area contributed by atoms with Crippen LogP contribution in [0.1, 0.15) is 5.69 Å². The number of halogens is 2. The third-order valence-corrected chi connectivity index (χ3v) is 4.58. The van der Waals surface area contributed by atoms with Crippen LogP contribution in [0.4, 0.5) is 8.78 Å². The number of thiazole rings is 1. The fraction of sp³-hybridized carbons (Fsp3) is 0.154. The van der Waals surface area contributed by atoms with Crippen LogP contribution < -0.4 is 5.73 Å². The summed E-state index contributed by atoms with van der Waals surface area (Å²) in [4.78, 5) is 6.00. The van der Waals surface area contributed by atoms with Gasteiger partial charge in [0.2, 0.25) is 0 Å². The lowest BCUT2D eigenvalue weighted by atomic mass is 10.3. The predicted molar refractivity (Wildman–Crippen MR) is 76.3 cm³/mol. The molecule has 3 aromatic rings. The number of fused-ring (bicyclic) bond motifs is 1. The van der Waals surface area contributed by atoms with E-state index in [9.17, 15) is 8.78 Å². The normalized spacial score (nSPS) is 11.3. The van der Waals surface area contributed by atoms with E-state index < -0.39 is 11.6 Å². The lowest BCUT2D eigenvalue weighted by molar-refractivity contribution is 0.506. The van der Waals surface area contributed by atoms with Gasteiger partial charge in [-0.05, 0) is 24.7 Å². The van der Waals surface area contributed by atoms with Crippen LogP contribution in [0.3, 0.4) is 0 Å². The number of hydrogen-bond acceptors (Lipinski definition) is 4. The predicted octanol–water partition coefficient (Wildman–Crippen LogP) is 3.33. The van der Waals surface area contributed by atoms with Crippen molar-refractivity contribution in [1.29, 1.82) is 0 Å². The summed E-state index contributed by atoms with van der Waals surface area (Å²) in [6.45, 7) is 0.509. The van der Waals surface area contributed by atoms with Crippen LogP contribution in [0.15, 0.2) is 39.7 Å². The smallest absolute Gasteiger partial charge is 0.194 e. The van der Waals surface area contributed by atoms with E-state index in [0.29, 0.717) is 17.9 Å². The van der Waals surface area contributed by atoms with E-state index in [4.69, 9.17) is 5.73 Å². The third-order valence-electron chi connectivity index (χ3n) is 2.81. The first-order valence-corrected chi connectivity index (χ1v) is 7.66. The van der Waals surface area contributed by atoms with E-state index in [2.05, 4.69) is 4.98 Å². The van der Waals surface area contributed by atoms with Gasteiger partial charge in [0.1, 0.15) is 5.03 Å². The zero-order chi connectivity index (χ0) is 14.1. The summed E-state index contributed by atoms with van der Waals surface area (Å²) in [5.41, 5.74) is 6.63. The number of hydrogen-bond donors (Lipinski definition) is 1. The Labute approximate surface area is 122 Å². The SMILES string of the molecule is NCCc1c(Sc2ccc(F)c(F)c2)nc2sccn12. The Kier molecular flexibility index (Phi) is 3.73. The Hall–Kier alpha value is -1.44. The number of nitrogens with zero attached hydrogens (tertiary/aromatic N) is 2. The summed E-state index contributed by atoms with van der Waals surface area (Å²) in [6.07, 6.45) is 2.62. The van der Waals surface area contributed by atoms with Crippen molar-refractivity contribution in [2.45, 2.75) is 16.3 Å². The van der Waals surface area contributed by atoms with Crippen molar-refractivity contribution in [3.8, 4) is 0 Å². The van der Waals surface area contributed by atoms with E-state index in [1.54, 1.807) is 6.07 Å². The van der Waals surface area contributed by atoms with Gasteiger partial charge in [0.15, 0.2) is 16.6 Å². The Balaban J connectivity index is 1.98. The molecule has 0 aliphatic rings. The Morgan fingerprint density at radius 2 is 2.15 bits per heavy atom. The first-order valence-electron chi connectivity index (χ1n) is 5.96. The molecule has 0 spiro atoms. The van der Waals surface area contributed by atoms with Gasteiger partial charge in [-0.1, -0.05) is 11.8 Å². The fourth-order valence-electron chi connectivity index (χ4n) is 1.91. The van der Waals surface area contributed by atoms with Crippen LogP contribution in [0.25, 0.3) is 4.96 Å². The first kappa shape index (κ1) is 13.5. The van der Waals surface area contributed by atoms with Gasteiger partial charge in [0.25, 0.3) is 0 Å². The van der Waals surface area contributed by atoms with Gasteiger partial charge in [-0.15, -0.1) is 11.3 Å². The van der Waals surface area contributed by atoms with Crippen molar-refractivity contribution in [3.63, 3.8) is 0 Å². The maximum Gasteiger partial charge on any atom is 0.194 e. The van der Waals surface area contributed by atoms with Gasteiger partial charge in [-0.2, -0.15) is 0 Å². The lowest BCUT2D eigenvalue weighted by Gasteiger charge is -2.03. The van der Waals surface area contributed by atoms with Gasteiger partial charge < -0.3 is 5.73 Å². The van der Waals surface area contributed by atoms with E-state index in [1.807, 2.05) is 16.0 Å². The molecular formula is C13H11F2N3S2. The molecule has 0 radical (unpaired) electrons. The zero-order valence-electron chi connectivity index (χ0n) is 10.3. The van der Waals surface area contributed by atoms with Crippen LogP contribution >= 0.6 is 23.1 Å². The van der Waals surface area contributed by atoms with Gasteiger partial charge >= 0.3 is 0 Å². The van der Waals surface area contributed by atoms with Crippen LogP contribution in [-0.4, -0.2) is 15.9 Å². The van der Waals surface area contributed by atoms with Crippen molar-refractivity contribution in [2.75, 3.05) is 6.54 Å². The first-order chi connectivity index (χ1) is 9.69. The molecule has 0 amide bonds. The van der Waals surface area contributed by atoms with Crippen molar-refractivity contribution >= 4 is 28.1 Å². The van der Waals surface area contributed by atoms with E-state index in [1.165, 1.54) is 29.2 Å². The number of imidazole rings is 1. The minimum Gasteiger partial charge on any atom is -0.330 e. The average Bonchev–Trinajstić information content (AvgIpc) is 2.98. The molecule has 3 rings (SSSR count). The Morgan fingerprint density at radius 1 is 1.30 bits per heavy atom. The highest BCUT2D eigenvalue weighted by Gasteiger charge is 2.14.